The number of aromatic nitrogens is 2. The zero-order chi connectivity index (χ0) is 16.3. The Morgan fingerprint density at radius 1 is 0.455 bits per heavy atom. The molecule has 0 aliphatic carbocycles. The minimum atomic E-state index is -1.22. The summed E-state index contributed by atoms with van der Waals surface area (Å²) in [6, 6.07) is 0. The molecule has 0 aliphatic rings. The van der Waals surface area contributed by atoms with Crippen LogP contribution in [0.5, 0.6) is 23.0 Å². The van der Waals surface area contributed by atoms with Gasteiger partial charge in [0, 0.05) is 0 Å². The topological polar surface area (TPSA) is 181 Å². The Kier molecular flexibility index (Phi) is 2.42. The van der Waals surface area contributed by atoms with Gasteiger partial charge in [-0.25, -0.2) is 0 Å². The molecule has 0 atom stereocenters. The molecule has 22 heavy (non-hydrogen) atoms. The largest absolute Gasteiger partial charge is 0.501 e. The monoisotopic (exact) mass is 306 g/mol. The van der Waals surface area contributed by atoms with Crippen molar-refractivity contribution in [1.29, 1.82) is 0 Å². The van der Waals surface area contributed by atoms with Crippen molar-refractivity contribution in [2.45, 2.75) is 0 Å². The highest BCUT2D eigenvalue weighted by Crippen LogP contribution is 2.21. The summed E-state index contributed by atoms with van der Waals surface area (Å²) in [5, 5.41) is 37.4. The third kappa shape index (κ3) is 1.43. The van der Waals surface area contributed by atoms with Crippen LogP contribution in [0.4, 0.5) is 0 Å². The van der Waals surface area contributed by atoms with Gasteiger partial charge in [-0.15, -0.1) is 0 Å². The Balaban J connectivity index is 2.77. The number of aromatic amines is 2. The first kappa shape index (κ1) is 13.4. The molecular formula is C12H6N2O8. The van der Waals surface area contributed by atoms with Crippen molar-refractivity contribution >= 4 is 22.1 Å². The zero-order valence-corrected chi connectivity index (χ0v) is 10.4. The van der Waals surface area contributed by atoms with Gasteiger partial charge >= 0.3 is 0 Å². The molecule has 0 unspecified atom stereocenters. The van der Waals surface area contributed by atoms with Crippen molar-refractivity contribution < 1.29 is 20.4 Å². The van der Waals surface area contributed by atoms with Gasteiger partial charge in [0.1, 0.15) is 22.1 Å². The van der Waals surface area contributed by atoms with Crippen LogP contribution in [0.1, 0.15) is 0 Å². The summed E-state index contributed by atoms with van der Waals surface area (Å²) in [7, 11) is 0. The number of fused-ring (bicyclic) bond motifs is 2. The van der Waals surface area contributed by atoms with Crippen molar-refractivity contribution in [1.82, 2.24) is 9.97 Å². The standard InChI is InChI=1S/C12H6N2O8/c15-5-1-2(6(16)10(20)9(5)19)14-4-3(13-1)7(17)11(21)12(22)8(4)18/h13-14,19-22H. The Bertz CT molecular complexity index is 1010. The fourth-order valence-corrected chi connectivity index (χ4v) is 2.08. The molecule has 3 rings (SSSR count). The Labute approximate surface area is 117 Å². The molecule has 10 nitrogen and oxygen atoms in total. The summed E-state index contributed by atoms with van der Waals surface area (Å²) in [4.78, 5) is 51.5. The smallest absolute Gasteiger partial charge is 0.249 e. The molecule has 10 heteroatoms. The molecule has 0 saturated carbocycles. The highest BCUT2D eigenvalue weighted by atomic mass is 16.3. The lowest BCUT2D eigenvalue weighted by molar-refractivity contribution is 0.398. The molecule has 1 aromatic heterocycles. The van der Waals surface area contributed by atoms with E-state index in [9.17, 15) is 39.6 Å². The quantitative estimate of drug-likeness (QED) is 0.211. The van der Waals surface area contributed by atoms with E-state index in [1.165, 1.54) is 0 Å². The van der Waals surface area contributed by atoms with Gasteiger partial charge in [-0.2, -0.15) is 0 Å². The molecule has 6 N–H and O–H groups in total. The second-order valence-electron chi connectivity index (χ2n) is 4.46. The molecule has 0 radical (unpaired) electrons. The summed E-state index contributed by atoms with van der Waals surface area (Å²) >= 11 is 0. The Hall–Kier alpha value is -3.56. The number of rotatable bonds is 0. The van der Waals surface area contributed by atoms with Gasteiger partial charge < -0.3 is 30.4 Å². The summed E-state index contributed by atoms with van der Waals surface area (Å²) in [5.74, 6) is -4.89. The minimum Gasteiger partial charge on any atom is -0.501 e. The first-order chi connectivity index (χ1) is 10.3. The van der Waals surface area contributed by atoms with E-state index in [-0.39, 0.29) is 0 Å². The zero-order valence-electron chi connectivity index (χ0n) is 10.4. The summed E-state index contributed by atoms with van der Waals surface area (Å²) in [5.41, 5.74) is -7.06. The van der Waals surface area contributed by atoms with E-state index in [1.807, 2.05) is 0 Å². The molecule has 0 aliphatic heterocycles. The summed E-state index contributed by atoms with van der Waals surface area (Å²) in [6.45, 7) is 0. The lowest BCUT2D eigenvalue weighted by atomic mass is 10.2. The highest BCUT2D eigenvalue weighted by molar-refractivity contribution is 5.89. The van der Waals surface area contributed by atoms with Gasteiger partial charge in [0.25, 0.3) is 0 Å². The Morgan fingerprint density at radius 2 is 0.636 bits per heavy atom. The molecule has 0 saturated heterocycles. The van der Waals surface area contributed by atoms with Crippen LogP contribution in [0, 0.1) is 0 Å². The van der Waals surface area contributed by atoms with Crippen LogP contribution in [0.15, 0.2) is 19.2 Å². The molecule has 112 valence electrons. The number of aromatic hydroxyl groups is 4. The molecule has 0 bridgehead atoms. The summed E-state index contributed by atoms with van der Waals surface area (Å²) in [6.07, 6.45) is 0. The molecular weight excluding hydrogens is 300 g/mol. The number of phenols is 4. The van der Waals surface area contributed by atoms with Gasteiger partial charge in [-0.1, -0.05) is 0 Å². The first-order valence-corrected chi connectivity index (χ1v) is 5.71. The third-order valence-corrected chi connectivity index (χ3v) is 3.22. The van der Waals surface area contributed by atoms with Crippen molar-refractivity contribution in [2.75, 3.05) is 0 Å². The fourth-order valence-electron chi connectivity index (χ4n) is 2.08. The van der Waals surface area contributed by atoms with Crippen molar-refractivity contribution in [3.8, 4) is 23.0 Å². The van der Waals surface area contributed by atoms with E-state index in [0.717, 1.165) is 0 Å². The maximum Gasteiger partial charge on any atom is 0.249 e. The lowest BCUT2D eigenvalue weighted by Crippen LogP contribution is -2.20. The fraction of sp³-hybridized carbons (Fsp3) is 0. The van der Waals surface area contributed by atoms with Crippen molar-refractivity contribution in [2.24, 2.45) is 0 Å². The minimum absolute atomic E-state index is 0.575. The second kappa shape index (κ2) is 3.97. The van der Waals surface area contributed by atoms with Crippen LogP contribution in [0.2, 0.25) is 0 Å². The highest BCUT2D eigenvalue weighted by Gasteiger charge is 2.21. The van der Waals surface area contributed by atoms with Crippen LogP contribution < -0.4 is 21.7 Å². The number of phenolic OH excluding ortho intramolecular Hbond substituents is 4. The van der Waals surface area contributed by atoms with E-state index >= 15 is 0 Å². The Morgan fingerprint density at radius 3 is 0.818 bits per heavy atom. The van der Waals surface area contributed by atoms with Crippen LogP contribution in [-0.2, 0) is 0 Å². The predicted molar refractivity (Wildman–Crippen MR) is 73.1 cm³/mol. The maximum atomic E-state index is 11.8. The van der Waals surface area contributed by atoms with Gasteiger partial charge in [0.05, 0.1) is 0 Å². The van der Waals surface area contributed by atoms with Crippen LogP contribution in [0.25, 0.3) is 22.1 Å². The van der Waals surface area contributed by atoms with E-state index in [4.69, 9.17) is 0 Å². The van der Waals surface area contributed by atoms with E-state index in [1.54, 1.807) is 0 Å². The number of nitrogens with one attached hydrogen (secondary N) is 2. The molecule has 2 aromatic carbocycles. The van der Waals surface area contributed by atoms with Gasteiger partial charge in [-0.05, 0) is 0 Å². The van der Waals surface area contributed by atoms with Crippen LogP contribution in [0.3, 0.4) is 0 Å². The molecule has 1 heterocycles. The second-order valence-corrected chi connectivity index (χ2v) is 4.46. The third-order valence-electron chi connectivity index (χ3n) is 3.22. The van der Waals surface area contributed by atoms with Crippen LogP contribution >= 0.6 is 0 Å². The lowest BCUT2D eigenvalue weighted by Gasteiger charge is -2.05. The van der Waals surface area contributed by atoms with Crippen molar-refractivity contribution in [3.05, 3.63) is 40.9 Å². The number of hydrogen-bond donors (Lipinski definition) is 6. The first-order valence-electron chi connectivity index (χ1n) is 5.71. The van der Waals surface area contributed by atoms with Gasteiger partial charge in [-0.3, -0.25) is 19.2 Å². The summed E-state index contributed by atoms with van der Waals surface area (Å²) < 4.78 is 0. The maximum absolute atomic E-state index is 11.8. The molecule has 0 amide bonds. The van der Waals surface area contributed by atoms with E-state index in [2.05, 4.69) is 9.97 Å². The average molecular weight is 306 g/mol. The number of benzene rings is 2. The molecule has 0 fully saturated rings. The molecule has 0 spiro atoms. The normalized spacial score (nSPS) is 11.3. The van der Waals surface area contributed by atoms with E-state index < -0.39 is 66.8 Å². The average Bonchev–Trinajstić information content (AvgIpc) is 2.52. The van der Waals surface area contributed by atoms with Gasteiger partial charge in [0.15, 0.2) is 0 Å². The van der Waals surface area contributed by atoms with Gasteiger partial charge in [0.2, 0.25) is 44.7 Å². The van der Waals surface area contributed by atoms with Crippen molar-refractivity contribution in [3.63, 3.8) is 0 Å². The van der Waals surface area contributed by atoms with E-state index in [0.29, 0.717) is 0 Å². The SMILES string of the molecule is O=c1c(O)c(O)c(=O)c2[nH]c3c(=O)c(O)c(O)c(=O)c3[nH]c12. The number of hydrogen-bond acceptors (Lipinski definition) is 8. The predicted octanol–water partition coefficient (Wildman–Crippen LogP) is -1.65. The van der Waals surface area contributed by atoms with Crippen LogP contribution in [-0.4, -0.2) is 30.4 Å². The number of H-pyrrole nitrogens is 2. The molecule has 3 aromatic rings.